The Hall–Kier alpha value is -3.64. The minimum Gasteiger partial charge on any atom is -0.478 e. The van der Waals surface area contributed by atoms with Crippen LogP contribution < -0.4 is 4.74 Å². The molecule has 6 heteroatoms. The van der Waals surface area contributed by atoms with E-state index in [1.807, 2.05) is 30.3 Å². The zero-order chi connectivity index (χ0) is 26.4. The van der Waals surface area contributed by atoms with Crippen LogP contribution in [-0.2, 0) is 20.7 Å². The lowest BCUT2D eigenvalue weighted by molar-refractivity contribution is -0.160. The topological polar surface area (TPSA) is 71.4 Å². The Morgan fingerprint density at radius 2 is 1.79 bits per heavy atom. The number of carbonyl (C=O) groups excluding carboxylic acids is 1. The third-order valence-electron chi connectivity index (χ3n) is 9.24. The molecule has 38 heavy (non-hydrogen) atoms. The number of benzene rings is 3. The molecule has 3 aromatic rings. The zero-order valence-corrected chi connectivity index (χ0v) is 22.2. The number of nitrogens with zero attached hydrogens (tertiary/aromatic N) is 2. The summed E-state index contributed by atoms with van der Waals surface area (Å²) in [6, 6.07) is 22.5. The maximum absolute atomic E-state index is 13.8. The van der Waals surface area contributed by atoms with E-state index in [0.29, 0.717) is 0 Å². The second-order valence-corrected chi connectivity index (χ2v) is 11.3. The van der Waals surface area contributed by atoms with Gasteiger partial charge in [0, 0.05) is 24.4 Å². The van der Waals surface area contributed by atoms with Crippen LogP contribution in [0.1, 0.15) is 52.1 Å². The van der Waals surface area contributed by atoms with Crippen LogP contribution in [0.2, 0.25) is 0 Å². The van der Waals surface area contributed by atoms with Crippen LogP contribution in [0.4, 0.5) is 0 Å². The number of ether oxygens (including phenoxy) is 2. The third kappa shape index (κ3) is 2.52. The highest BCUT2D eigenvalue weighted by Gasteiger charge is 2.88. The van der Waals surface area contributed by atoms with Crippen molar-refractivity contribution in [2.75, 3.05) is 13.7 Å². The van der Waals surface area contributed by atoms with E-state index in [-0.39, 0.29) is 0 Å². The number of rotatable bonds is 3. The first kappa shape index (κ1) is 23.5. The average molecular weight is 509 g/mol. The summed E-state index contributed by atoms with van der Waals surface area (Å²) in [6.45, 7) is 6.92. The molecule has 1 spiro atoms. The van der Waals surface area contributed by atoms with Gasteiger partial charge in [-0.25, -0.2) is 4.99 Å². The van der Waals surface area contributed by atoms with Gasteiger partial charge in [-0.1, -0.05) is 66.2 Å². The van der Waals surface area contributed by atoms with E-state index in [1.165, 1.54) is 7.11 Å². The van der Waals surface area contributed by atoms with E-state index >= 15 is 0 Å². The van der Waals surface area contributed by atoms with Gasteiger partial charge in [0.2, 0.25) is 5.72 Å². The van der Waals surface area contributed by atoms with E-state index in [0.717, 1.165) is 64.4 Å². The summed E-state index contributed by atoms with van der Waals surface area (Å²) >= 11 is 0. The SMILES string of the molecule is COC(=O)[C@@H]1[C@@H](c2ccccc2)[C@]2(c3ccc(C)cc3)Oc3cc(C)cc(C)c3[C@@]23N2CCCC2=N[C@@]13O. The standard InChI is InChI=1S/C32H32N2O4/c1-19-12-14-23(15-13-19)30-27(22-9-6-5-7-10-22)28(29(35)37-4)32(36)31(30,34-16-8-11-25(34)33-32)26-21(3)17-20(2)18-24(26)38-30/h5-7,9-10,12-15,17-18,27-28,36H,8,11,16H2,1-4H3/t27-,28+,30+,31-,32-/m1/s1. The maximum Gasteiger partial charge on any atom is 0.314 e. The van der Waals surface area contributed by atoms with Gasteiger partial charge in [-0.3, -0.25) is 4.79 Å². The van der Waals surface area contributed by atoms with Gasteiger partial charge < -0.3 is 19.5 Å². The van der Waals surface area contributed by atoms with Gasteiger partial charge >= 0.3 is 5.97 Å². The molecule has 3 heterocycles. The zero-order valence-electron chi connectivity index (χ0n) is 22.2. The van der Waals surface area contributed by atoms with Gasteiger partial charge in [0.25, 0.3) is 0 Å². The number of esters is 1. The highest BCUT2D eigenvalue weighted by atomic mass is 16.5. The summed E-state index contributed by atoms with van der Waals surface area (Å²) in [5.74, 6) is -0.456. The molecule has 194 valence electrons. The lowest BCUT2D eigenvalue weighted by atomic mass is 9.66. The Morgan fingerprint density at radius 3 is 2.50 bits per heavy atom. The minimum absolute atomic E-state index is 0.484. The summed E-state index contributed by atoms with van der Waals surface area (Å²) in [5, 5.41) is 13.1. The second-order valence-electron chi connectivity index (χ2n) is 11.3. The number of fused-ring (bicyclic) bond motifs is 2. The largest absolute Gasteiger partial charge is 0.478 e. The molecule has 0 bridgehead atoms. The fourth-order valence-corrected chi connectivity index (χ4v) is 8.13. The minimum atomic E-state index is -1.80. The van der Waals surface area contributed by atoms with Crippen molar-refractivity contribution in [3.8, 4) is 5.75 Å². The third-order valence-corrected chi connectivity index (χ3v) is 9.24. The molecule has 6 nitrogen and oxygen atoms in total. The quantitative estimate of drug-likeness (QED) is 0.511. The van der Waals surface area contributed by atoms with Gasteiger partial charge in [-0.15, -0.1) is 0 Å². The summed E-state index contributed by atoms with van der Waals surface area (Å²) in [4.78, 5) is 21.2. The number of aryl methyl sites for hydroxylation is 3. The molecule has 1 saturated carbocycles. The summed E-state index contributed by atoms with van der Waals surface area (Å²) in [5.41, 5.74) is 1.88. The molecule has 1 aliphatic carbocycles. The van der Waals surface area contributed by atoms with E-state index in [2.05, 4.69) is 62.1 Å². The number of methoxy groups -OCH3 is 1. The molecule has 3 aromatic carbocycles. The van der Waals surface area contributed by atoms with Crippen LogP contribution in [0.5, 0.6) is 5.75 Å². The van der Waals surface area contributed by atoms with E-state index < -0.39 is 34.7 Å². The fourth-order valence-electron chi connectivity index (χ4n) is 8.13. The van der Waals surface area contributed by atoms with Crippen LogP contribution in [0.15, 0.2) is 71.7 Å². The van der Waals surface area contributed by atoms with Crippen molar-refractivity contribution in [1.82, 2.24) is 4.90 Å². The van der Waals surface area contributed by atoms with E-state index in [9.17, 15) is 9.90 Å². The molecule has 0 radical (unpaired) electrons. The molecule has 0 aromatic heterocycles. The van der Waals surface area contributed by atoms with Gasteiger partial charge in [0.15, 0.2) is 11.1 Å². The molecule has 4 aliphatic rings. The molecule has 0 unspecified atom stereocenters. The molecule has 1 N–H and O–H groups in total. The van der Waals surface area contributed by atoms with Gasteiger partial charge in [-0.05, 0) is 55.5 Å². The monoisotopic (exact) mass is 508 g/mol. The summed E-state index contributed by atoms with van der Waals surface area (Å²) < 4.78 is 12.7. The number of aliphatic imine (C=N–C) groups is 1. The Balaban J connectivity index is 1.68. The lowest BCUT2D eigenvalue weighted by Crippen LogP contribution is -2.63. The molecule has 0 amide bonds. The molecule has 7 rings (SSSR count). The van der Waals surface area contributed by atoms with Crippen LogP contribution in [-0.4, -0.2) is 41.2 Å². The molecular formula is C32H32N2O4. The molecule has 3 aliphatic heterocycles. The van der Waals surface area contributed by atoms with Crippen molar-refractivity contribution in [1.29, 1.82) is 0 Å². The normalized spacial score (nSPS) is 32.2. The van der Waals surface area contributed by atoms with Crippen molar-refractivity contribution in [3.05, 3.63) is 100 Å². The highest BCUT2D eigenvalue weighted by molar-refractivity contribution is 5.92. The Bertz CT molecular complexity index is 1500. The number of aliphatic hydroxyl groups is 1. The maximum atomic E-state index is 13.8. The Labute approximate surface area is 222 Å². The lowest BCUT2D eigenvalue weighted by Gasteiger charge is -2.48. The van der Waals surface area contributed by atoms with Gasteiger partial charge in [0.1, 0.15) is 17.5 Å². The first-order valence-electron chi connectivity index (χ1n) is 13.4. The molecule has 2 fully saturated rings. The number of amidine groups is 1. The van der Waals surface area contributed by atoms with Crippen molar-refractivity contribution in [3.63, 3.8) is 0 Å². The van der Waals surface area contributed by atoms with Crippen LogP contribution in [0.25, 0.3) is 0 Å². The number of hydrogen-bond acceptors (Lipinski definition) is 6. The van der Waals surface area contributed by atoms with Crippen molar-refractivity contribution in [2.45, 2.75) is 56.4 Å². The smallest absolute Gasteiger partial charge is 0.314 e. The fraction of sp³-hybridized carbons (Fsp3) is 0.375. The predicted molar refractivity (Wildman–Crippen MR) is 144 cm³/mol. The Morgan fingerprint density at radius 1 is 1.05 bits per heavy atom. The van der Waals surface area contributed by atoms with E-state index in [4.69, 9.17) is 14.5 Å². The van der Waals surface area contributed by atoms with E-state index in [1.54, 1.807) is 0 Å². The van der Waals surface area contributed by atoms with Crippen LogP contribution >= 0.6 is 0 Å². The van der Waals surface area contributed by atoms with Crippen LogP contribution in [0.3, 0.4) is 0 Å². The second kappa shape index (κ2) is 7.70. The highest BCUT2D eigenvalue weighted by Crippen LogP contribution is 2.77. The number of hydrogen-bond donors (Lipinski definition) is 1. The van der Waals surface area contributed by atoms with Crippen molar-refractivity contribution < 1.29 is 19.4 Å². The summed E-state index contributed by atoms with van der Waals surface area (Å²) in [7, 11) is 1.39. The molecule has 1 saturated heterocycles. The van der Waals surface area contributed by atoms with Gasteiger partial charge in [-0.2, -0.15) is 0 Å². The van der Waals surface area contributed by atoms with Crippen LogP contribution in [0, 0.1) is 26.7 Å². The average Bonchev–Trinajstić information content (AvgIpc) is 3.58. The molecular weight excluding hydrogens is 476 g/mol. The summed E-state index contributed by atoms with van der Waals surface area (Å²) in [6.07, 6.45) is 1.68. The first-order chi connectivity index (χ1) is 18.3. The van der Waals surface area contributed by atoms with Crippen molar-refractivity contribution >= 4 is 11.8 Å². The molecule has 5 atom stereocenters. The predicted octanol–water partition coefficient (Wildman–Crippen LogP) is 4.88. The number of carbonyl (C=O) groups is 1. The van der Waals surface area contributed by atoms with Crippen molar-refractivity contribution in [2.24, 2.45) is 10.9 Å². The van der Waals surface area contributed by atoms with Gasteiger partial charge in [0.05, 0.1) is 7.11 Å². The first-order valence-corrected chi connectivity index (χ1v) is 13.4. The Kier molecular flexibility index (Phi) is 4.76.